The number of carbonyl (C=O) groups excluding carboxylic acids is 1. The molecule has 0 radical (unpaired) electrons. The number of benzene rings is 1. The molecule has 4 heterocycles. The lowest BCUT2D eigenvalue weighted by Crippen LogP contribution is -2.53. The molecule has 1 aromatic carbocycles. The summed E-state index contributed by atoms with van der Waals surface area (Å²) >= 11 is 10.0. The Labute approximate surface area is 213 Å². The minimum atomic E-state index is -1.15. The number of aromatic nitrogens is 4. The minimum absolute atomic E-state index is 0.0601. The molecule has 12 heteroatoms. The van der Waals surface area contributed by atoms with Crippen LogP contribution in [0.5, 0.6) is 0 Å². The molecule has 2 aromatic heterocycles. The van der Waals surface area contributed by atoms with Crippen LogP contribution in [0.1, 0.15) is 19.4 Å². The summed E-state index contributed by atoms with van der Waals surface area (Å²) in [6, 6.07) is 8.15. The molecule has 3 aromatic rings. The molecule has 0 bridgehead atoms. The number of thioether (sulfide) groups is 1. The maximum atomic E-state index is 13.3. The molecule has 2 unspecified atom stereocenters. The first kappa shape index (κ1) is 23.1. The zero-order valence-electron chi connectivity index (χ0n) is 18.1. The van der Waals surface area contributed by atoms with Gasteiger partial charge >= 0.3 is 0 Å². The predicted molar refractivity (Wildman–Crippen MR) is 135 cm³/mol. The standard InChI is InChI=1S/C21H22ClIN6O3S/c1-20(2)31-13-9-33-21(15(13)32-20,18(30)24-3)29-10-26-14-16(27-19(22)28-17(14)29)25-8-11-5-4-6-12(23)7-11/h4-7,10,13,15H,8-9H2,1-3H3,(H,24,30)(H,25,27,28)/t13-,15?,21?/m0/s1. The Kier molecular flexibility index (Phi) is 5.96. The molecule has 2 aliphatic rings. The van der Waals surface area contributed by atoms with Crippen LogP contribution in [-0.2, 0) is 25.7 Å². The lowest BCUT2D eigenvalue weighted by atomic mass is 10.1. The van der Waals surface area contributed by atoms with E-state index in [4.69, 9.17) is 21.1 Å². The van der Waals surface area contributed by atoms with Crippen LogP contribution in [-0.4, -0.2) is 56.2 Å². The number of halogens is 2. The van der Waals surface area contributed by atoms with Crippen LogP contribution in [0.25, 0.3) is 11.2 Å². The van der Waals surface area contributed by atoms with E-state index in [2.05, 4.69) is 54.2 Å². The van der Waals surface area contributed by atoms with E-state index in [0.29, 0.717) is 29.3 Å². The van der Waals surface area contributed by atoms with Gasteiger partial charge in [0.15, 0.2) is 22.8 Å². The van der Waals surface area contributed by atoms with Gasteiger partial charge in [-0.3, -0.25) is 9.36 Å². The topological polar surface area (TPSA) is 103 Å². The molecule has 33 heavy (non-hydrogen) atoms. The molecular weight excluding hydrogens is 579 g/mol. The van der Waals surface area contributed by atoms with Gasteiger partial charge in [-0.1, -0.05) is 12.1 Å². The average Bonchev–Trinajstić information content (AvgIpc) is 3.42. The molecule has 0 aliphatic carbocycles. The number of likely N-dealkylation sites (N-methyl/N-ethyl adjacent to an activating group) is 1. The minimum Gasteiger partial charge on any atom is -0.364 e. The van der Waals surface area contributed by atoms with Crippen molar-refractivity contribution in [1.29, 1.82) is 0 Å². The van der Waals surface area contributed by atoms with Gasteiger partial charge < -0.3 is 20.1 Å². The van der Waals surface area contributed by atoms with Crippen molar-refractivity contribution < 1.29 is 14.3 Å². The van der Waals surface area contributed by atoms with Gasteiger partial charge in [-0.2, -0.15) is 9.97 Å². The van der Waals surface area contributed by atoms with E-state index in [1.807, 2.05) is 32.0 Å². The van der Waals surface area contributed by atoms with Crippen LogP contribution in [0.4, 0.5) is 5.82 Å². The molecule has 0 spiro atoms. The van der Waals surface area contributed by atoms with E-state index >= 15 is 0 Å². The van der Waals surface area contributed by atoms with Gasteiger partial charge in [0.1, 0.15) is 12.2 Å². The average molecular weight is 601 g/mol. The third kappa shape index (κ3) is 3.97. The smallest absolute Gasteiger partial charge is 0.259 e. The molecule has 2 N–H and O–H groups in total. The highest BCUT2D eigenvalue weighted by atomic mass is 127. The number of rotatable bonds is 5. The second-order valence-corrected chi connectivity index (χ2v) is 11.1. The predicted octanol–water partition coefficient (Wildman–Crippen LogP) is 3.36. The van der Waals surface area contributed by atoms with E-state index in [1.165, 1.54) is 11.8 Å². The number of imidazole rings is 1. The highest BCUT2D eigenvalue weighted by Crippen LogP contribution is 2.52. The van der Waals surface area contributed by atoms with E-state index in [9.17, 15) is 4.79 Å². The van der Waals surface area contributed by atoms with Crippen molar-refractivity contribution in [2.24, 2.45) is 0 Å². The lowest BCUT2D eigenvalue weighted by molar-refractivity contribution is -0.155. The van der Waals surface area contributed by atoms with Gasteiger partial charge in [-0.05, 0) is 65.7 Å². The zero-order valence-corrected chi connectivity index (χ0v) is 21.9. The number of nitrogens with zero attached hydrogens (tertiary/aromatic N) is 4. The first-order valence-corrected chi connectivity index (χ1v) is 12.8. The second kappa shape index (κ2) is 8.52. The molecule has 0 saturated carbocycles. The Balaban J connectivity index is 1.57. The Bertz CT molecular complexity index is 1240. The first-order chi connectivity index (χ1) is 15.7. The summed E-state index contributed by atoms with van der Waals surface area (Å²) in [6.45, 7) is 4.24. The summed E-state index contributed by atoms with van der Waals surface area (Å²) in [5, 5.41) is 6.16. The molecular formula is C21H22ClIN6O3S. The Morgan fingerprint density at radius 2 is 2.18 bits per heavy atom. The third-order valence-corrected chi connectivity index (χ3v) is 8.05. The lowest BCUT2D eigenvalue weighted by Gasteiger charge is -2.33. The third-order valence-electron chi connectivity index (χ3n) is 5.67. The molecule has 3 atom stereocenters. The second-order valence-electron chi connectivity index (χ2n) is 8.29. The van der Waals surface area contributed by atoms with E-state index in [1.54, 1.807) is 17.9 Å². The highest BCUT2D eigenvalue weighted by molar-refractivity contribution is 14.1. The van der Waals surface area contributed by atoms with Gasteiger partial charge in [-0.25, -0.2) is 4.98 Å². The van der Waals surface area contributed by atoms with E-state index in [-0.39, 0.29) is 17.3 Å². The molecule has 1 amide bonds. The van der Waals surface area contributed by atoms with Crippen LogP contribution in [0, 0.1) is 3.57 Å². The maximum absolute atomic E-state index is 13.3. The highest BCUT2D eigenvalue weighted by Gasteiger charge is 2.63. The van der Waals surface area contributed by atoms with Crippen molar-refractivity contribution in [2.75, 3.05) is 18.1 Å². The molecule has 5 rings (SSSR count). The number of anilines is 1. The number of ether oxygens (including phenoxy) is 2. The van der Waals surface area contributed by atoms with Crippen LogP contribution < -0.4 is 10.6 Å². The largest absolute Gasteiger partial charge is 0.364 e. The first-order valence-electron chi connectivity index (χ1n) is 10.3. The summed E-state index contributed by atoms with van der Waals surface area (Å²) in [5.41, 5.74) is 2.07. The van der Waals surface area contributed by atoms with E-state index in [0.717, 1.165) is 9.13 Å². The number of hydrogen-bond acceptors (Lipinski definition) is 8. The number of hydrogen-bond donors (Lipinski definition) is 2. The number of fused-ring (bicyclic) bond motifs is 2. The van der Waals surface area contributed by atoms with Gasteiger partial charge in [0.2, 0.25) is 10.2 Å². The summed E-state index contributed by atoms with van der Waals surface area (Å²) in [6.07, 6.45) is 0.840. The Morgan fingerprint density at radius 1 is 1.36 bits per heavy atom. The van der Waals surface area contributed by atoms with Gasteiger partial charge in [0.05, 0.1) is 6.33 Å². The maximum Gasteiger partial charge on any atom is 0.259 e. The van der Waals surface area contributed by atoms with Crippen LogP contribution in [0.15, 0.2) is 30.6 Å². The summed E-state index contributed by atoms with van der Waals surface area (Å²) in [4.78, 5) is 25.6. The van der Waals surface area contributed by atoms with Gasteiger partial charge in [0.25, 0.3) is 5.91 Å². The molecule has 174 valence electrons. The Morgan fingerprint density at radius 3 is 2.94 bits per heavy atom. The van der Waals surface area contributed by atoms with Crippen LogP contribution in [0.2, 0.25) is 5.28 Å². The molecule has 2 saturated heterocycles. The zero-order chi connectivity index (χ0) is 23.4. The Hall–Kier alpha value is -1.67. The number of amides is 1. The molecule has 2 fully saturated rings. The summed E-state index contributed by atoms with van der Waals surface area (Å²) in [5.74, 6) is 0.0813. The quantitative estimate of drug-likeness (QED) is 0.340. The summed E-state index contributed by atoms with van der Waals surface area (Å²) < 4.78 is 15.1. The molecule has 2 aliphatic heterocycles. The fraction of sp³-hybridized carbons (Fsp3) is 0.429. The van der Waals surface area contributed by atoms with Crippen molar-refractivity contribution in [3.8, 4) is 0 Å². The van der Waals surface area contributed by atoms with Crippen molar-refractivity contribution in [3.05, 3.63) is 45.0 Å². The van der Waals surface area contributed by atoms with Gasteiger partial charge in [0, 0.05) is 22.9 Å². The normalized spacial score (nSPS) is 25.8. The van der Waals surface area contributed by atoms with Crippen molar-refractivity contribution in [2.45, 2.75) is 43.3 Å². The monoisotopic (exact) mass is 600 g/mol. The van der Waals surface area contributed by atoms with Crippen molar-refractivity contribution in [1.82, 2.24) is 24.8 Å². The van der Waals surface area contributed by atoms with Crippen molar-refractivity contribution in [3.63, 3.8) is 0 Å². The molecule has 9 nitrogen and oxygen atoms in total. The SMILES string of the molecule is CNC(=O)C1(n2cnc3c(NCc4cccc(I)c4)nc(Cl)nc32)SC[C@@H]2OC(C)(C)OC21. The van der Waals surface area contributed by atoms with Crippen molar-refractivity contribution >= 4 is 68.8 Å². The number of carbonyl (C=O) groups is 1. The van der Waals surface area contributed by atoms with Crippen LogP contribution in [0.3, 0.4) is 0 Å². The summed E-state index contributed by atoms with van der Waals surface area (Å²) in [7, 11) is 1.61. The fourth-order valence-corrected chi connectivity index (χ4v) is 6.65. The van der Waals surface area contributed by atoms with Gasteiger partial charge in [-0.15, -0.1) is 11.8 Å². The fourth-order valence-electron chi connectivity index (χ4n) is 4.34. The van der Waals surface area contributed by atoms with Crippen LogP contribution >= 0.6 is 46.0 Å². The van der Waals surface area contributed by atoms with E-state index < -0.39 is 16.8 Å². The number of nitrogens with one attached hydrogen (secondary N) is 2.